The van der Waals surface area contributed by atoms with Gasteiger partial charge in [-0.25, -0.2) is 4.98 Å². The van der Waals surface area contributed by atoms with E-state index in [1.54, 1.807) is 6.07 Å². The first-order valence-corrected chi connectivity index (χ1v) is 5.56. The van der Waals surface area contributed by atoms with E-state index in [0.717, 1.165) is 5.82 Å². The third kappa shape index (κ3) is 2.95. The molecule has 0 aliphatic heterocycles. The Hall–Kier alpha value is -2.15. The number of nitrogens with zero attached hydrogens (tertiary/aromatic N) is 3. The molecule has 0 saturated heterocycles. The lowest BCUT2D eigenvalue weighted by Crippen LogP contribution is -2.06. The SMILES string of the molecule is O=[N+]([O-])c1ccc(NCCc2ncn[nH]2)c(Cl)c1. The summed E-state index contributed by atoms with van der Waals surface area (Å²) in [5.41, 5.74) is 0.627. The van der Waals surface area contributed by atoms with Crippen LogP contribution in [0.1, 0.15) is 5.82 Å². The highest BCUT2D eigenvalue weighted by atomic mass is 35.5. The van der Waals surface area contributed by atoms with Gasteiger partial charge in [-0.3, -0.25) is 15.2 Å². The van der Waals surface area contributed by atoms with Gasteiger partial charge in [0.1, 0.15) is 12.2 Å². The molecule has 1 heterocycles. The Bertz CT molecular complexity index is 543. The second-order valence-corrected chi connectivity index (χ2v) is 3.94. The van der Waals surface area contributed by atoms with E-state index in [0.29, 0.717) is 23.7 Å². The number of aromatic nitrogens is 3. The van der Waals surface area contributed by atoms with Crippen LogP contribution in [-0.4, -0.2) is 26.6 Å². The van der Waals surface area contributed by atoms with Gasteiger partial charge in [0, 0.05) is 25.1 Å². The number of hydrogen-bond acceptors (Lipinski definition) is 5. The van der Waals surface area contributed by atoms with Gasteiger partial charge in [0.25, 0.3) is 5.69 Å². The summed E-state index contributed by atoms with van der Waals surface area (Å²) in [6.45, 7) is 0.604. The molecule has 0 fully saturated rings. The molecule has 8 heteroatoms. The molecular weight excluding hydrogens is 258 g/mol. The first-order valence-electron chi connectivity index (χ1n) is 5.19. The molecule has 0 spiro atoms. The smallest absolute Gasteiger partial charge is 0.271 e. The summed E-state index contributed by atoms with van der Waals surface area (Å²) in [6, 6.07) is 4.31. The van der Waals surface area contributed by atoms with Gasteiger partial charge in [-0.05, 0) is 6.07 Å². The lowest BCUT2D eigenvalue weighted by molar-refractivity contribution is -0.384. The molecular formula is C10H10ClN5O2. The van der Waals surface area contributed by atoms with E-state index < -0.39 is 4.92 Å². The predicted molar refractivity (Wildman–Crippen MR) is 66.7 cm³/mol. The molecule has 0 unspecified atom stereocenters. The Morgan fingerprint density at radius 2 is 2.33 bits per heavy atom. The summed E-state index contributed by atoms with van der Waals surface area (Å²) in [7, 11) is 0. The summed E-state index contributed by atoms with van der Waals surface area (Å²) in [5, 5.41) is 20.4. The number of benzene rings is 1. The summed E-state index contributed by atoms with van der Waals surface area (Å²) in [4.78, 5) is 14.0. The maximum absolute atomic E-state index is 10.5. The molecule has 0 bridgehead atoms. The summed E-state index contributed by atoms with van der Waals surface area (Å²) in [5.74, 6) is 0.764. The summed E-state index contributed by atoms with van der Waals surface area (Å²) in [6.07, 6.45) is 2.10. The van der Waals surface area contributed by atoms with Crippen molar-refractivity contribution in [3.8, 4) is 0 Å². The minimum absolute atomic E-state index is 0.0271. The fraction of sp³-hybridized carbons (Fsp3) is 0.200. The average molecular weight is 268 g/mol. The van der Waals surface area contributed by atoms with Crippen LogP contribution in [0.4, 0.5) is 11.4 Å². The fourth-order valence-corrected chi connectivity index (χ4v) is 1.67. The minimum atomic E-state index is -0.482. The van der Waals surface area contributed by atoms with Crippen LogP contribution in [-0.2, 0) is 6.42 Å². The fourth-order valence-electron chi connectivity index (χ4n) is 1.43. The van der Waals surface area contributed by atoms with Gasteiger partial charge in [-0.2, -0.15) is 5.10 Å². The van der Waals surface area contributed by atoms with Crippen molar-refractivity contribution in [1.82, 2.24) is 15.2 Å². The number of aromatic amines is 1. The zero-order valence-electron chi connectivity index (χ0n) is 9.26. The molecule has 2 aromatic rings. The van der Waals surface area contributed by atoms with Crippen LogP contribution in [0.5, 0.6) is 0 Å². The van der Waals surface area contributed by atoms with Crippen molar-refractivity contribution >= 4 is 23.0 Å². The Morgan fingerprint density at radius 1 is 1.50 bits per heavy atom. The number of halogens is 1. The Kier molecular flexibility index (Phi) is 3.73. The van der Waals surface area contributed by atoms with Crippen molar-refractivity contribution in [2.75, 3.05) is 11.9 Å². The van der Waals surface area contributed by atoms with E-state index in [1.165, 1.54) is 18.5 Å². The first kappa shape index (κ1) is 12.3. The van der Waals surface area contributed by atoms with Gasteiger partial charge in [-0.15, -0.1) is 0 Å². The zero-order valence-corrected chi connectivity index (χ0v) is 10.0. The van der Waals surface area contributed by atoms with Gasteiger partial charge in [-0.1, -0.05) is 11.6 Å². The molecule has 0 radical (unpaired) electrons. The van der Waals surface area contributed by atoms with E-state index in [-0.39, 0.29) is 5.69 Å². The van der Waals surface area contributed by atoms with Gasteiger partial charge in [0.05, 0.1) is 15.6 Å². The lowest BCUT2D eigenvalue weighted by Gasteiger charge is -2.06. The zero-order chi connectivity index (χ0) is 13.0. The standard InChI is InChI=1S/C10H10ClN5O2/c11-8-5-7(16(17)18)1-2-9(8)12-4-3-10-13-6-14-15-10/h1-2,5-6,12H,3-4H2,(H,13,14,15). The Labute approximate surface area is 107 Å². The topological polar surface area (TPSA) is 96.7 Å². The Morgan fingerprint density at radius 3 is 2.94 bits per heavy atom. The lowest BCUT2D eigenvalue weighted by atomic mass is 10.2. The van der Waals surface area contributed by atoms with Crippen molar-refractivity contribution in [2.45, 2.75) is 6.42 Å². The van der Waals surface area contributed by atoms with E-state index in [2.05, 4.69) is 20.5 Å². The number of nitro benzene ring substituents is 1. The molecule has 2 rings (SSSR count). The molecule has 2 N–H and O–H groups in total. The van der Waals surface area contributed by atoms with Crippen LogP contribution in [0, 0.1) is 10.1 Å². The quantitative estimate of drug-likeness (QED) is 0.638. The highest BCUT2D eigenvalue weighted by Crippen LogP contribution is 2.26. The highest BCUT2D eigenvalue weighted by Gasteiger charge is 2.08. The third-order valence-corrected chi connectivity index (χ3v) is 2.62. The molecule has 18 heavy (non-hydrogen) atoms. The van der Waals surface area contributed by atoms with Crippen LogP contribution >= 0.6 is 11.6 Å². The minimum Gasteiger partial charge on any atom is -0.383 e. The van der Waals surface area contributed by atoms with Crippen LogP contribution < -0.4 is 5.32 Å². The van der Waals surface area contributed by atoms with Crippen molar-refractivity contribution in [3.05, 3.63) is 45.5 Å². The largest absolute Gasteiger partial charge is 0.383 e. The summed E-state index contributed by atoms with van der Waals surface area (Å²) >= 11 is 5.93. The van der Waals surface area contributed by atoms with Gasteiger partial charge in [0.15, 0.2) is 0 Å². The first-order chi connectivity index (χ1) is 8.66. The number of nitrogens with one attached hydrogen (secondary N) is 2. The van der Waals surface area contributed by atoms with E-state index >= 15 is 0 Å². The second-order valence-electron chi connectivity index (χ2n) is 3.53. The van der Waals surface area contributed by atoms with Crippen molar-refractivity contribution in [1.29, 1.82) is 0 Å². The third-order valence-electron chi connectivity index (χ3n) is 2.31. The van der Waals surface area contributed by atoms with E-state index in [4.69, 9.17) is 11.6 Å². The second kappa shape index (κ2) is 5.46. The van der Waals surface area contributed by atoms with Crippen LogP contribution in [0.3, 0.4) is 0 Å². The van der Waals surface area contributed by atoms with Crippen LogP contribution in [0.2, 0.25) is 5.02 Å². The molecule has 0 aliphatic carbocycles. The number of hydrogen-bond donors (Lipinski definition) is 2. The molecule has 0 aliphatic rings. The Balaban J connectivity index is 1.95. The molecule has 1 aromatic carbocycles. The maximum atomic E-state index is 10.5. The average Bonchev–Trinajstić information content (AvgIpc) is 2.84. The van der Waals surface area contributed by atoms with E-state index in [9.17, 15) is 10.1 Å². The molecule has 0 saturated carbocycles. The van der Waals surface area contributed by atoms with Crippen molar-refractivity contribution in [2.24, 2.45) is 0 Å². The van der Waals surface area contributed by atoms with Gasteiger partial charge in [0.2, 0.25) is 0 Å². The van der Waals surface area contributed by atoms with Gasteiger partial charge >= 0.3 is 0 Å². The van der Waals surface area contributed by atoms with E-state index in [1.807, 2.05) is 0 Å². The maximum Gasteiger partial charge on any atom is 0.271 e. The molecule has 7 nitrogen and oxygen atoms in total. The molecule has 94 valence electrons. The van der Waals surface area contributed by atoms with Crippen LogP contribution in [0.15, 0.2) is 24.5 Å². The van der Waals surface area contributed by atoms with Crippen molar-refractivity contribution < 1.29 is 4.92 Å². The number of rotatable bonds is 5. The van der Waals surface area contributed by atoms with Gasteiger partial charge < -0.3 is 5.32 Å². The monoisotopic (exact) mass is 267 g/mol. The molecule has 1 aromatic heterocycles. The van der Waals surface area contributed by atoms with Crippen molar-refractivity contribution in [3.63, 3.8) is 0 Å². The normalized spacial score (nSPS) is 10.3. The number of nitro groups is 1. The number of non-ortho nitro benzene ring substituents is 1. The molecule has 0 atom stereocenters. The van der Waals surface area contributed by atoms with Crippen LogP contribution in [0.25, 0.3) is 0 Å². The summed E-state index contributed by atoms with van der Waals surface area (Å²) < 4.78 is 0. The molecule has 0 amide bonds. The number of anilines is 1. The highest BCUT2D eigenvalue weighted by molar-refractivity contribution is 6.33. The number of H-pyrrole nitrogens is 1. The predicted octanol–water partition coefficient (Wildman–Crippen LogP) is 2.02.